The number of hydrogen-bond acceptors (Lipinski definition) is 3. The monoisotopic (exact) mass is 231 g/mol. The molecule has 0 radical (unpaired) electrons. The number of nitrogens with zero attached hydrogens (tertiary/aromatic N) is 1. The first kappa shape index (κ1) is 13.2. The van der Waals surface area contributed by atoms with Crippen molar-refractivity contribution in [1.82, 2.24) is 0 Å². The van der Waals surface area contributed by atoms with Gasteiger partial charge in [-0.1, -0.05) is 19.1 Å². The Balaban J connectivity index is 2.64. The Morgan fingerprint density at radius 3 is 2.47 bits per heavy atom. The fourth-order valence-corrected chi connectivity index (χ4v) is 1.29. The van der Waals surface area contributed by atoms with Crippen molar-refractivity contribution in [3.05, 3.63) is 29.8 Å². The molecule has 90 valence electrons. The number of nitriles is 1. The molecular weight excluding hydrogens is 214 g/mol. The second-order valence-corrected chi connectivity index (χ2v) is 4.17. The molecule has 0 aliphatic heterocycles. The zero-order chi connectivity index (χ0) is 12.8. The van der Waals surface area contributed by atoms with Crippen molar-refractivity contribution in [3.63, 3.8) is 0 Å². The highest BCUT2D eigenvalue weighted by Crippen LogP contribution is 2.12. The Morgan fingerprint density at radius 1 is 1.41 bits per heavy atom. The Labute approximate surface area is 101 Å². The van der Waals surface area contributed by atoms with Crippen molar-refractivity contribution < 1.29 is 4.79 Å². The number of carbonyl (C=O) groups is 1. The van der Waals surface area contributed by atoms with Crippen LogP contribution in [0.1, 0.15) is 19.4 Å². The summed E-state index contributed by atoms with van der Waals surface area (Å²) in [5, 5.41) is 11.3. The van der Waals surface area contributed by atoms with E-state index in [2.05, 4.69) is 11.4 Å². The molecule has 1 aromatic carbocycles. The number of carbonyl (C=O) groups excluding carboxylic acids is 1. The molecule has 0 bridgehead atoms. The van der Waals surface area contributed by atoms with Gasteiger partial charge in [-0.25, -0.2) is 0 Å². The van der Waals surface area contributed by atoms with Gasteiger partial charge >= 0.3 is 0 Å². The van der Waals surface area contributed by atoms with E-state index < -0.39 is 0 Å². The van der Waals surface area contributed by atoms with E-state index in [1.165, 1.54) is 0 Å². The zero-order valence-corrected chi connectivity index (χ0v) is 10.1. The van der Waals surface area contributed by atoms with Gasteiger partial charge < -0.3 is 11.1 Å². The van der Waals surface area contributed by atoms with E-state index in [0.29, 0.717) is 6.42 Å². The van der Waals surface area contributed by atoms with Crippen molar-refractivity contribution in [3.8, 4) is 6.07 Å². The fourth-order valence-electron chi connectivity index (χ4n) is 1.29. The molecule has 2 atom stereocenters. The third-order valence-corrected chi connectivity index (χ3v) is 2.71. The summed E-state index contributed by atoms with van der Waals surface area (Å²) in [6, 6.07) is 9.14. The van der Waals surface area contributed by atoms with Gasteiger partial charge in [0.1, 0.15) is 0 Å². The van der Waals surface area contributed by atoms with E-state index in [1.807, 2.05) is 12.1 Å². The number of hydrogen-bond donors (Lipinski definition) is 2. The predicted octanol–water partition coefficient (Wildman–Crippen LogP) is 1.67. The van der Waals surface area contributed by atoms with Gasteiger partial charge in [-0.15, -0.1) is 0 Å². The maximum Gasteiger partial charge on any atom is 0.228 e. The highest BCUT2D eigenvalue weighted by molar-refractivity contribution is 5.92. The lowest BCUT2D eigenvalue weighted by molar-refractivity contribution is -0.119. The van der Waals surface area contributed by atoms with Crippen LogP contribution in [0.2, 0.25) is 0 Å². The summed E-state index contributed by atoms with van der Waals surface area (Å²) in [6.45, 7) is 3.60. The molecule has 17 heavy (non-hydrogen) atoms. The summed E-state index contributed by atoms with van der Waals surface area (Å²) >= 11 is 0. The van der Waals surface area contributed by atoms with Crippen LogP contribution in [-0.2, 0) is 11.2 Å². The molecule has 1 aromatic rings. The second-order valence-electron chi connectivity index (χ2n) is 4.17. The number of nitrogens with two attached hydrogens (primary N) is 1. The van der Waals surface area contributed by atoms with Crippen molar-refractivity contribution in [2.24, 2.45) is 11.7 Å². The second kappa shape index (κ2) is 6.02. The minimum Gasteiger partial charge on any atom is -0.327 e. The van der Waals surface area contributed by atoms with Gasteiger partial charge in [-0.2, -0.15) is 5.26 Å². The Hall–Kier alpha value is -1.86. The van der Waals surface area contributed by atoms with Crippen molar-refractivity contribution in [1.29, 1.82) is 5.26 Å². The van der Waals surface area contributed by atoms with E-state index in [1.54, 1.807) is 26.0 Å². The smallest absolute Gasteiger partial charge is 0.228 e. The van der Waals surface area contributed by atoms with Crippen LogP contribution in [0.4, 0.5) is 5.69 Å². The van der Waals surface area contributed by atoms with Crippen LogP contribution in [-0.4, -0.2) is 11.9 Å². The minimum absolute atomic E-state index is 0.0898. The van der Waals surface area contributed by atoms with Crippen LogP contribution in [0.25, 0.3) is 0 Å². The van der Waals surface area contributed by atoms with E-state index in [-0.39, 0.29) is 17.9 Å². The van der Waals surface area contributed by atoms with Crippen LogP contribution in [0.5, 0.6) is 0 Å². The van der Waals surface area contributed by atoms with Gasteiger partial charge in [-0.05, 0) is 24.6 Å². The molecule has 0 aliphatic carbocycles. The average molecular weight is 231 g/mol. The summed E-state index contributed by atoms with van der Waals surface area (Å²) in [7, 11) is 0. The largest absolute Gasteiger partial charge is 0.327 e. The van der Waals surface area contributed by atoms with Gasteiger partial charge in [0.2, 0.25) is 5.91 Å². The lowest BCUT2D eigenvalue weighted by Crippen LogP contribution is -2.34. The Morgan fingerprint density at radius 2 is 2.00 bits per heavy atom. The number of benzene rings is 1. The molecule has 4 nitrogen and oxygen atoms in total. The van der Waals surface area contributed by atoms with Crippen LogP contribution in [0, 0.1) is 17.2 Å². The molecule has 0 saturated carbocycles. The standard InChI is InChI=1S/C13H17N3O/c1-9(10(2)15)13(17)16-12-5-3-11(4-6-12)7-8-14/h3-6,9-10H,7,15H2,1-2H3,(H,16,17). The summed E-state index contributed by atoms with van der Waals surface area (Å²) < 4.78 is 0. The lowest BCUT2D eigenvalue weighted by atomic mass is 10.0. The van der Waals surface area contributed by atoms with Crippen LogP contribution < -0.4 is 11.1 Å². The molecular formula is C13H17N3O. The van der Waals surface area contributed by atoms with Crippen molar-refractivity contribution in [2.75, 3.05) is 5.32 Å². The van der Waals surface area contributed by atoms with Crippen LogP contribution in [0.3, 0.4) is 0 Å². The van der Waals surface area contributed by atoms with E-state index >= 15 is 0 Å². The zero-order valence-electron chi connectivity index (χ0n) is 10.1. The third-order valence-electron chi connectivity index (χ3n) is 2.71. The maximum atomic E-state index is 11.7. The number of amides is 1. The van der Waals surface area contributed by atoms with Crippen molar-refractivity contribution >= 4 is 11.6 Å². The van der Waals surface area contributed by atoms with Gasteiger partial charge in [-0.3, -0.25) is 4.79 Å². The highest BCUT2D eigenvalue weighted by atomic mass is 16.1. The summed E-state index contributed by atoms with van der Waals surface area (Å²) in [6.07, 6.45) is 0.379. The number of rotatable bonds is 4. The average Bonchev–Trinajstić information content (AvgIpc) is 2.30. The maximum absolute atomic E-state index is 11.7. The lowest BCUT2D eigenvalue weighted by Gasteiger charge is -2.15. The SMILES string of the molecule is CC(N)C(C)C(=O)Nc1ccc(CC#N)cc1. The summed E-state index contributed by atoms with van der Waals surface area (Å²) in [4.78, 5) is 11.7. The molecule has 0 aliphatic rings. The molecule has 1 amide bonds. The Kier molecular flexibility index (Phi) is 4.68. The van der Waals surface area contributed by atoms with E-state index in [9.17, 15) is 4.79 Å². The topological polar surface area (TPSA) is 78.9 Å². The summed E-state index contributed by atoms with van der Waals surface area (Å²) in [5.74, 6) is -0.318. The molecule has 0 aromatic heterocycles. The molecule has 0 saturated heterocycles. The Bertz CT molecular complexity index is 417. The quantitative estimate of drug-likeness (QED) is 0.827. The fraction of sp³-hybridized carbons (Fsp3) is 0.385. The van der Waals surface area contributed by atoms with Gasteiger partial charge in [0.15, 0.2) is 0 Å². The molecule has 4 heteroatoms. The molecule has 0 heterocycles. The van der Waals surface area contributed by atoms with Gasteiger partial charge in [0.25, 0.3) is 0 Å². The van der Waals surface area contributed by atoms with Crippen LogP contribution in [0.15, 0.2) is 24.3 Å². The molecule has 0 fully saturated rings. The first-order chi connectivity index (χ1) is 8.04. The van der Waals surface area contributed by atoms with Crippen LogP contribution >= 0.6 is 0 Å². The van der Waals surface area contributed by atoms with Gasteiger partial charge in [0, 0.05) is 11.7 Å². The number of nitrogens with one attached hydrogen (secondary N) is 1. The minimum atomic E-state index is -0.228. The van der Waals surface area contributed by atoms with Gasteiger partial charge in [0.05, 0.1) is 18.4 Å². The first-order valence-electron chi connectivity index (χ1n) is 5.57. The number of anilines is 1. The van der Waals surface area contributed by atoms with Crippen molar-refractivity contribution in [2.45, 2.75) is 26.3 Å². The first-order valence-corrected chi connectivity index (χ1v) is 5.57. The third kappa shape index (κ3) is 3.89. The molecule has 2 unspecified atom stereocenters. The molecule has 1 rings (SSSR count). The molecule has 0 spiro atoms. The highest BCUT2D eigenvalue weighted by Gasteiger charge is 2.16. The summed E-state index contributed by atoms with van der Waals surface area (Å²) in [5.41, 5.74) is 7.32. The van der Waals surface area contributed by atoms with E-state index in [4.69, 9.17) is 11.0 Å². The normalized spacial score (nSPS) is 13.5. The molecule has 3 N–H and O–H groups in total. The predicted molar refractivity (Wildman–Crippen MR) is 67.2 cm³/mol. The van der Waals surface area contributed by atoms with E-state index in [0.717, 1.165) is 11.3 Å².